The molecule has 3 aromatic rings. The van der Waals surface area contributed by atoms with Crippen molar-refractivity contribution in [3.05, 3.63) is 71.2 Å². The Labute approximate surface area is 142 Å². The van der Waals surface area contributed by atoms with E-state index in [1.54, 1.807) is 6.20 Å². The molecule has 0 spiro atoms. The van der Waals surface area contributed by atoms with E-state index in [-0.39, 0.29) is 5.91 Å². The number of nitrogens with zero attached hydrogens (tertiary/aromatic N) is 2. The lowest BCUT2D eigenvalue weighted by Crippen LogP contribution is -2.28. The first-order valence-corrected chi connectivity index (χ1v) is 8.16. The van der Waals surface area contributed by atoms with E-state index < -0.39 is 0 Å². The number of aromatic nitrogens is 2. The first-order valence-electron chi connectivity index (χ1n) is 8.16. The fraction of sp³-hybridized carbons (Fsp3) is 0.250. The van der Waals surface area contributed by atoms with Crippen LogP contribution in [0.5, 0.6) is 0 Å². The van der Waals surface area contributed by atoms with E-state index in [1.165, 1.54) is 0 Å². The van der Waals surface area contributed by atoms with Gasteiger partial charge in [0.15, 0.2) is 0 Å². The Morgan fingerprint density at radius 1 is 1.08 bits per heavy atom. The van der Waals surface area contributed by atoms with Gasteiger partial charge in [0.2, 0.25) is 5.91 Å². The summed E-state index contributed by atoms with van der Waals surface area (Å²) in [5.74, 6) is 0.0224. The summed E-state index contributed by atoms with van der Waals surface area (Å²) >= 11 is 0. The van der Waals surface area contributed by atoms with Gasteiger partial charge in [-0.2, -0.15) is 0 Å². The van der Waals surface area contributed by atoms with Crippen LogP contribution in [0.4, 0.5) is 0 Å². The zero-order valence-electron chi connectivity index (χ0n) is 14.0. The van der Waals surface area contributed by atoms with Crippen molar-refractivity contribution in [2.24, 2.45) is 0 Å². The van der Waals surface area contributed by atoms with Gasteiger partial charge in [-0.05, 0) is 43.2 Å². The number of amides is 1. The number of nitrogens with one attached hydrogen (secondary N) is 1. The van der Waals surface area contributed by atoms with Gasteiger partial charge >= 0.3 is 0 Å². The van der Waals surface area contributed by atoms with Crippen molar-refractivity contribution >= 4 is 16.8 Å². The first-order chi connectivity index (χ1) is 11.6. The van der Waals surface area contributed by atoms with Crippen LogP contribution in [0.15, 0.2) is 48.7 Å². The molecule has 0 radical (unpaired) electrons. The van der Waals surface area contributed by atoms with Crippen LogP contribution < -0.4 is 5.32 Å². The molecular weight excluding hydrogens is 298 g/mol. The molecule has 0 saturated heterocycles. The van der Waals surface area contributed by atoms with Crippen LogP contribution in [0.1, 0.15) is 22.5 Å². The van der Waals surface area contributed by atoms with Gasteiger partial charge in [-0.25, -0.2) is 0 Å². The summed E-state index contributed by atoms with van der Waals surface area (Å²) in [7, 11) is 0. The minimum absolute atomic E-state index is 0.0224. The molecule has 2 heterocycles. The molecule has 4 heteroatoms. The average Bonchev–Trinajstić information content (AvgIpc) is 2.59. The zero-order chi connectivity index (χ0) is 16.9. The molecule has 2 aromatic heterocycles. The molecule has 24 heavy (non-hydrogen) atoms. The van der Waals surface area contributed by atoms with Crippen LogP contribution in [-0.4, -0.2) is 22.4 Å². The van der Waals surface area contributed by atoms with Gasteiger partial charge in [0.1, 0.15) is 0 Å². The summed E-state index contributed by atoms with van der Waals surface area (Å²) in [6.45, 7) is 4.62. The maximum atomic E-state index is 12.3. The summed E-state index contributed by atoms with van der Waals surface area (Å²) < 4.78 is 0. The van der Waals surface area contributed by atoms with E-state index in [2.05, 4.69) is 28.3 Å². The second-order valence-corrected chi connectivity index (χ2v) is 5.92. The van der Waals surface area contributed by atoms with Crippen molar-refractivity contribution in [3.8, 4) is 0 Å². The van der Waals surface area contributed by atoms with Crippen LogP contribution >= 0.6 is 0 Å². The third-order valence-corrected chi connectivity index (χ3v) is 4.25. The third-order valence-electron chi connectivity index (χ3n) is 4.25. The van der Waals surface area contributed by atoms with Gasteiger partial charge in [-0.1, -0.05) is 24.3 Å². The second kappa shape index (κ2) is 7.21. The SMILES string of the molecule is Cc1nc2ccccc2c(C)c1CC(=O)NCCc1ccccn1. The Morgan fingerprint density at radius 3 is 2.67 bits per heavy atom. The molecule has 0 fully saturated rings. The number of fused-ring (bicyclic) bond motifs is 1. The number of hydrogen-bond donors (Lipinski definition) is 1. The second-order valence-electron chi connectivity index (χ2n) is 5.92. The maximum Gasteiger partial charge on any atom is 0.224 e. The normalized spacial score (nSPS) is 10.8. The molecule has 0 aliphatic rings. The highest BCUT2D eigenvalue weighted by atomic mass is 16.1. The van der Waals surface area contributed by atoms with Gasteiger partial charge in [-0.15, -0.1) is 0 Å². The van der Waals surface area contributed by atoms with Gasteiger partial charge < -0.3 is 5.32 Å². The highest BCUT2D eigenvalue weighted by molar-refractivity contribution is 5.86. The summed E-state index contributed by atoms with van der Waals surface area (Å²) in [6.07, 6.45) is 2.86. The average molecular weight is 319 g/mol. The standard InChI is InChI=1S/C20H21N3O/c1-14-17-8-3-4-9-19(17)23-15(2)18(14)13-20(24)22-12-10-16-7-5-6-11-21-16/h3-9,11H,10,12-13H2,1-2H3,(H,22,24). The van der Waals surface area contributed by atoms with Crippen molar-refractivity contribution in [1.29, 1.82) is 0 Å². The number of aryl methyl sites for hydroxylation is 2. The minimum atomic E-state index is 0.0224. The van der Waals surface area contributed by atoms with Crippen LogP contribution in [-0.2, 0) is 17.6 Å². The molecule has 0 atom stereocenters. The summed E-state index contributed by atoms with van der Waals surface area (Å²) in [6, 6.07) is 13.9. The van der Waals surface area contributed by atoms with Crippen LogP contribution in [0.3, 0.4) is 0 Å². The Morgan fingerprint density at radius 2 is 1.88 bits per heavy atom. The van der Waals surface area contributed by atoms with Crippen LogP contribution in [0, 0.1) is 13.8 Å². The van der Waals surface area contributed by atoms with E-state index >= 15 is 0 Å². The van der Waals surface area contributed by atoms with Crippen molar-refractivity contribution < 1.29 is 4.79 Å². The number of hydrogen-bond acceptors (Lipinski definition) is 3. The lowest BCUT2D eigenvalue weighted by atomic mass is 9.99. The number of rotatable bonds is 5. The monoisotopic (exact) mass is 319 g/mol. The lowest BCUT2D eigenvalue weighted by Gasteiger charge is -2.12. The fourth-order valence-corrected chi connectivity index (χ4v) is 2.93. The Hall–Kier alpha value is -2.75. The molecule has 1 amide bonds. The number of benzene rings is 1. The molecule has 0 unspecified atom stereocenters. The van der Waals surface area contributed by atoms with Gasteiger partial charge in [0.25, 0.3) is 0 Å². The molecule has 3 rings (SSSR count). The van der Waals surface area contributed by atoms with Crippen molar-refractivity contribution in [2.45, 2.75) is 26.7 Å². The van der Waals surface area contributed by atoms with Crippen LogP contribution in [0.25, 0.3) is 10.9 Å². The molecule has 122 valence electrons. The Bertz CT molecular complexity index is 859. The van der Waals surface area contributed by atoms with E-state index in [0.717, 1.165) is 39.8 Å². The molecule has 0 aliphatic heterocycles. The van der Waals surface area contributed by atoms with Crippen molar-refractivity contribution in [1.82, 2.24) is 15.3 Å². The third kappa shape index (κ3) is 3.59. The van der Waals surface area contributed by atoms with Crippen molar-refractivity contribution in [2.75, 3.05) is 6.54 Å². The molecule has 1 aromatic carbocycles. The number of carbonyl (C=O) groups excluding carboxylic acids is 1. The minimum Gasteiger partial charge on any atom is -0.355 e. The molecule has 0 saturated carbocycles. The topological polar surface area (TPSA) is 54.9 Å². The smallest absolute Gasteiger partial charge is 0.224 e. The van der Waals surface area contributed by atoms with Crippen LogP contribution in [0.2, 0.25) is 0 Å². The highest BCUT2D eigenvalue weighted by Gasteiger charge is 2.12. The maximum absolute atomic E-state index is 12.3. The largest absolute Gasteiger partial charge is 0.355 e. The summed E-state index contributed by atoms with van der Waals surface area (Å²) in [5, 5.41) is 4.09. The van der Waals surface area contributed by atoms with Gasteiger partial charge in [-0.3, -0.25) is 14.8 Å². The lowest BCUT2D eigenvalue weighted by molar-refractivity contribution is -0.120. The van der Waals surface area contributed by atoms with E-state index in [4.69, 9.17) is 0 Å². The van der Waals surface area contributed by atoms with E-state index in [9.17, 15) is 4.79 Å². The fourth-order valence-electron chi connectivity index (χ4n) is 2.93. The number of para-hydroxylation sites is 1. The number of pyridine rings is 2. The van der Waals surface area contributed by atoms with E-state index in [0.29, 0.717) is 13.0 Å². The van der Waals surface area contributed by atoms with E-state index in [1.807, 2.05) is 43.3 Å². The summed E-state index contributed by atoms with van der Waals surface area (Å²) in [4.78, 5) is 21.2. The highest BCUT2D eigenvalue weighted by Crippen LogP contribution is 2.22. The van der Waals surface area contributed by atoms with Gasteiger partial charge in [0.05, 0.1) is 11.9 Å². The van der Waals surface area contributed by atoms with Crippen molar-refractivity contribution in [3.63, 3.8) is 0 Å². The molecule has 0 aliphatic carbocycles. The predicted molar refractivity (Wildman–Crippen MR) is 95.9 cm³/mol. The molecule has 4 nitrogen and oxygen atoms in total. The van der Waals surface area contributed by atoms with Gasteiger partial charge in [0, 0.05) is 35.9 Å². The molecule has 1 N–H and O–H groups in total. The molecular formula is C20H21N3O. The first kappa shape index (κ1) is 16.1. The zero-order valence-corrected chi connectivity index (χ0v) is 14.0. The predicted octanol–water partition coefficient (Wildman–Crippen LogP) is 3.15. The Kier molecular flexibility index (Phi) is 4.85. The molecule has 0 bridgehead atoms. The Balaban J connectivity index is 1.67. The quantitative estimate of drug-likeness (QED) is 0.786. The number of carbonyl (C=O) groups is 1. The summed E-state index contributed by atoms with van der Waals surface area (Å²) in [5.41, 5.74) is 5.04.